The number of aromatic nitrogens is 2. The molecule has 12 nitrogen and oxygen atoms in total. The van der Waals surface area contributed by atoms with E-state index < -0.39 is 21.1 Å². The standard InChI is InChI=1S/C8H5N3O4.C7H5N3O2/c12-7-5-3-4(11(14)15)1-2-6(5)9-8(13)10-7;8-4-5-3-6(10(11)12)1-2-7(5)9/h1-3H,(H2,9,10,12,13);1-3H,9H2. The van der Waals surface area contributed by atoms with Crippen molar-refractivity contribution in [1.29, 1.82) is 5.26 Å². The first-order valence-corrected chi connectivity index (χ1v) is 7.07. The fraction of sp³-hybridized carbons (Fsp3) is 0. The highest BCUT2D eigenvalue weighted by molar-refractivity contribution is 5.79. The van der Waals surface area contributed by atoms with Crippen molar-refractivity contribution in [2.24, 2.45) is 0 Å². The lowest BCUT2D eigenvalue weighted by molar-refractivity contribution is -0.385. The van der Waals surface area contributed by atoms with Crippen LogP contribution in [0.2, 0.25) is 0 Å². The van der Waals surface area contributed by atoms with E-state index >= 15 is 0 Å². The van der Waals surface area contributed by atoms with E-state index in [0.29, 0.717) is 0 Å². The molecule has 0 aliphatic heterocycles. The van der Waals surface area contributed by atoms with Crippen molar-refractivity contribution >= 4 is 28.0 Å². The molecule has 0 amide bonds. The second-order valence-electron chi connectivity index (χ2n) is 5.04. The number of nitrogens with two attached hydrogens (primary N) is 1. The average molecular weight is 370 g/mol. The molecule has 0 radical (unpaired) electrons. The van der Waals surface area contributed by atoms with Crippen LogP contribution in [-0.4, -0.2) is 19.8 Å². The molecule has 2 aromatic carbocycles. The highest BCUT2D eigenvalue weighted by Crippen LogP contribution is 2.18. The van der Waals surface area contributed by atoms with Crippen molar-refractivity contribution in [3.63, 3.8) is 0 Å². The van der Waals surface area contributed by atoms with E-state index in [-0.39, 0.29) is 33.5 Å². The van der Waals surface area contributed by atoms with Gasteiger partial charge in [-0.25, -0.2) is 4.79 Å². The third kappa shape index (κ3) is 4.31. The van der Waals surface area contributed by atoms with Gasteiger partial charge in [0.05, 0.1) is 26.3 Å². The van der Waals surface area contributed by atoms with Crippen molar-refractivity contribution in [3.05, 3.63) is 83.0 Å². The second-order valence-corrected chi connectivity index (χ2v) is 5.04. The normalized spacial score (nSPS) is 9.74. The molecule has 0 unspecified atom stereocenters. The predicted octanol–water partition coefficient (Wildman–Crippen LogP) is 1.17. The number of nitrogen functional groups attached to an aromatic ring is 1. The van der Waals surface area contributed by atoms with Crippen LogP contribution in [-0.2, 0) is 0 Å². The fourth-order valence-corrected chi connectivity index (χ4v) is 2.02. The van der Waals surface area contributed by atoms with Crippen molar-refractivity contribution < 1.29 is 9.85 Å². The molecule has 0 fully saturated rings. The summed E-state index contributed by atoms with van der Waals surface area (Å²) in [5, 5.41) is 29.2. The van der Waals surface area contributed by atoms with E-state index in [1.165, 1.54) is 24.3 Å². The molecule has 0 saturated carbocycles. The lowest BCUT2D eigenvalue weighted by atomic mass is 10.2. The first-order valence-electron chi connectivity index (χ1n) is 7.07. The molecule has 0 atom stereocenters. The van der Waals surface area contributed by atoms with E-state index in [0.717, 1.165) is 12.1 Å². The minimum atomic E-state index is -0.641. The zero-order chi connectivity index (χ0) is 20.1. The number of rotatable bonds is 2. The molecule has 0 spiro atoms. The lowest BCUT2D eigenvalue weighted by Gasteiger charge is -1.95. The maximum absolute atomic E-state index is 11.3. The van der Waals surface area contributed by atoms with Crippen LogP contribution >= 0.6 is 0 Å². The number of nitro groups is 2. The average Bonchev–Trinajstić information content (AvgIpc) is 2.62. The number of benzene rings is 2. The van der Waals surface area contributed by atoms with Gasteiger partial charge >= 0.3 is 5.69 Å². The molecular formula is C15H10N6O6. The third-order valence-corrected chi connectivity index (χ3v) is 3.30. The number of nitriles is 1. The van der Waals surface area contributed by atoms with Crippen LogP contribution < -0.4 is 17.0 Å². The maximum Gasteiger partial charge on any atom is 0.326 e. The molecule has 0 saturated heterocycles. The van der Waals surface area contributed by atoms with Gasteiger partial charge in [0.1, 0.15) is 6.07 Å². The van der Waals surface area contributed by atoms with Gasteiger partial charge < -0.3 is 10.7 Å². The van der Waals surface area contributed by atoms with E-state index in [4.69, 9.17) is 11.0 Å². The molecular weight excluding hydrogens is 360 g/mol. The summed E-state index contributed by atoms with van der Waals surface area (Å²) < 4.78 is 0. The van der Waals surface area contributed by atoms with Gasteiger partial charge in [0.15, 0.2) is 0 Å². The number of nitro benzene ring substituents is 2. The summed E-state index contributed by atoms with van der Waals surface area (Å²) in [6.45, 7) is 0. The van der Waals surface area contributed by atoms with Crippen LogP contribution in [0, 0.1) is 31.6 Å². The summed E-state index contributed by atoms with van der Waals surface area (Å²) in [5.74, 6) is 0. The quantitative estimate of drug-likeness (QED) is 0.338. The molecule has 12 heteroatoms. The maximum atomic E-state index is 11.3. The third-order valence-electron chi connectivity index (χ3n) is 3.30. The van der Waals surface area contributed by atoms with Gasteiger partial charge in [0.25, 0.3) is 16.9 Å². The first-order chi connectivity index (χ1) is 12.7. The Balaban J connectivity index is 0.000000199. The summed E-state index contributed by atoms with van der Waals surface area (Å²) in [7, 11) is 0. The molecule has 136 valence electrons. The Bertz CT molecular complexity index is 1210. The van der Waals surface area contributed by atoms with Gasteiger partial charge in [-0.1, -0.05) is 0 Å². The number of hydrogen-bond acceptors (Lipinski definition) is 8. The van der Waals surface area contributed by atoms with E-state index in [1.54, 1.807) is 6.07 Å². The van der Waals surface area contributed by atoms with Gasteiger partial charge in [0, 0.05) is 30.0 Å². The highest BCUT2D eigenvalue weighted by atomic mass is 16.6. The number of nitrogens with zero attached hydrogens (tertiary/aromatic N) is 3. The van der Waals surface area contributed by atoms with E-state index in [2.05, 4.69) is 4.98 Å². The molecule has 0 bridgehead atoms. The molecule has 1 heterocycles. The van der Waals surface area contributed by atoms with Crippen LogP contribution in [0.15, 0.2) is 46.0 Å². The molecule has 27 heavy (non-hydrogen) atoms. The molecule has 4 N–H and O–H groups in total. The number of fused-ring (bicyclic) bond motifs is 1. The van der Waals surface area contributed by atoms with Crippen molar-refractivity contribution in [2.75, 3.05) is 5.73 Å². The Morgan fingerprint density at radius 3 is 2.15 bits per heavy atom. The number of H-pyrrole nitrogens is 2. The van der Waals surface area contributed by atoms with Gasteiger partial charge in [-0.2, -0.15) is 5.26 Å². The number of non-ortho nitro benzene ring substituents is 2. The highest BCUT2D eigenvalue weighted by Gasteiger charge is 2.09. The topological polar surface area (TPSA) is 202 Å². The zero-order valence-corrected chi connectivity index (χ0v) is 13.3. The molecule has 0 aliphatic rings. The van der Waals surface area contributed by atoms with Crippen LogP contribution in [0.3, 0.4) is 0 Å². The van der Waals surface area contributed by atoms with Gasteiger partial charge in [0.2, 0.25) is 0 Å². The summed E-state index contributed by atoms with van der Waals surface area (Å²) >= 11 is 0. The smallest absolute Gasteiger partial charge is 0.326 e. The Labute approximate surface area is 148 Å². The van der Waals surface area contributed by atoms with Crippen LogP contribution in [0.1, 0.15) is 5.56 Å². The monoisotopic (exact) mass is 370 g/mol. The summed E-state index contributed by atoms with van der Waals surface area (Å²) in [4.78, 5) is 46.0. The number of nitrogens with one attached hydrogen (secondary N) is 2. The lowest BCUT2D eigenvalue weighted by Crippen LogP contribution is -2.21. The van der Waals surface area contributed by atoms with Crippen LogP contribution in [0.25, 0.3) is 10.9 Å². The minimum absolute atomic E-state index is 0.0869. The fourth-order valence-electron chi connectivity index (χ4n) is 2.02. The summed E-state index contributed by atoms with van der Waals surface area (Å²) in [6, 6.07) is 9.17. The van der Waals surface area contributed by atoms with Crippen molar-refractivity contribution in [2.45, 2.75) is 0 Å². The van der Waals surface area contributed by atoms with E-state index in [9.17, 15) is 29.8 Å². The minimum Gasteiger partial charge on any atom is -0.398 e. The number of anilines is 1. The van der Waals surface area contributed by atoms with Gasteiger partial charge in [-0.15, -0.1) is 0 Å². The predicted molar refractivity (Wildman–Crippen MR) is 94.1 cm³/mol. The Hall–Kier alpha value is -4.53. The first kappa shape index (κ1) is 18.8. The zero-order valence-electron chi connectivity index (χ0n) is 13.3. The Morgan fingerprint density at radius 1 is 0.963 bits per heavy atom. The van der Waals surface area contributed by atoms with Gasteiger partial charge in [-0.05, 0) is 12.1 Å². The number of hydrogen-bond donors (Lipinski definition) is 3. The molecule has 3 aromatic rings. The molecule has 1 aromatic heterocycles. The summed E-state index contributed by atoms with van der Waals surface area (Å²) in [5.41, 5.74) is 4.41. The molecule has 3 rings (SSSR count). The molecule has 0 aliphatic carbocycles. The number of aromatic amines is 2. The summed E-state index contributed by atoms with van der Waals surface area (Å²) in [6.07, 6.45) is 0. The second kappa shape index (κ2) is 7.57. The van der Waals surface area contributed by atoms with Crippen molar-refractivity contribution in [3.8, 4) is 6.07 Å². The van der Waals surface area contributed by atoms with Crippen LogP contribution in [0.5, 0.6) is 0 Å². The van der Waals surface area contributed by atoms with Gasteiger partial charge in [-0.3, -0.25) is 30.0 Å². The Morgan fingerprint density at radius 2 is 1.56 bits per heavy atom. The van der Waals surface area contributed by atoms with Crippen LogP contribution in [0.4, 0.5) is 17.1 Å². The largest absolute Gasteiger partial charge is 0.398 e. The Kier molecular flexibility index (Phi) is 5.27. The SMILES string of the molecule is N#Cc1cc([N+](=O)[O-])ccc1N.O=c1[nH]c(=O)c2cc([N+](=O)[O-])ccc2[nH]1. The van der Waals surface area contributed by atoms with E-state index in [1.807, 2.05) is 4.98 Å². The van der Waals surface area contributed by atoms with Crippen molar-refractivity contribution in [1.82, 2.24) is 9.97 Å².